The lowest BCUT2D eigenvalue weighted by Crippen LogP contribution is -2.02. The Morgan fingerprint density at radius 2 is 1.80 bits per heavy atom. The first-order chi connectivity index (χ1) is 7.20. The molecule has 0 amide bonds. The van der Waals surface area contributed by atoms with Crippen LogP contribution in [0.4, 0.5) is 0 Å². The predicted molar refractivity (Wildman–Crippen MR) is 63.4 cm³/mol. The number of rotatable bonds is 4. The molecule has 0 rings (SSSR count). The van der Waals surface area contributed by atoms with Crippen LogP contribution in [-0.4, -0.2) is 35.8 Å². The first-order valence-electron chi connectivity index (χ1n) is 3.92. The van der Waals surface area contributed by atoms with Crippen molar-refractivity contribution in [3.8, 4) is 23.9 Å². The van der Waals surface area contributed by atoms with Gasteiger partial charge in [-0.2, -0.15) is 23.5 Å². The maximum atomic E-state index is 10.9. The minimum Gasteiger partial charge on any atom is -0.370 e. The average molecular weight is 242 g/mol. The molecule has 0 N–H and O–H groups in total. The Bertz CT molecular complexity index is 341. The van der Waals surface area contributed by atoms with Crippen LogP contribution in [0.25, 0.3) is 0 Å². The second-order valence-electron chi connectivity index (χ2n) is 2.24. The van der Waals surface area contributed by atoms with Crippen molar-refractivity contribution in [2.75, 3.05) is 24.0 Å². The van der Waals surface area contributed by atoms with Gasteiger partial charge in [-0.25, -0.2) is 0 Å². The lowest BCUT2D eigenvalue weighted by Gasteiger charge is -1.89. The van der Waals surface area contributed by atoms with E-state index in [1.807, 2.05) is 6.26 Å². The highest BCUT2D eigenvalue weighted by atomic mass is 32.2. The fraction of sp³-hybridized carbons (Fsp3) is 0.400. The lowest BCUT2D eigenvalue weighted by atomic mass is 10.4. The van der Waals surface area contributed by atoms with Gasteiger partial charge < -0.3 is 4.74 Å². The van der Waals surface area contributed by atoms with Crippen LogP contribution in [0, 0.1) is 23.9 Å². The number of hydrogen-bond acceptors (Lipinski definition) is 5. The van der Waals surface area contributed by atoms with Crippen molar-refractivity contribution in [1.29, 1.82) is 0 Å². The van der Waals surface area contributed by atoms with Crippen molar-refractivity contribution >= 4 is 35.3 Å². The van der Waals surface area contributed by atoms with Crippen LogP contribution in [0.3, 0.4) is 0 Å². The van der Waals surface area contributed by atoms with Gasteiger partial charge in [0.25, 0.3) is 0 Å². The van der Waals surface area contributed by atoms with Crippen molar-refractivity contribution in [2.24, 2.45) is 0 Å². The summed E-state index contributed by atoms with van der Waals surface area (Å²) in [4.78, 5) is 21.6. The summed E-state index contributed by atoms with van der Waals surface area (Å²) in [5, 5.41) is 0. The normalized spacial score (nSPS) is 7.87. The van der Waals surface area contributed by atoms with Crippen molar-refractivity contribution in [3.05, 3.63) is 0 Å². The van der Waals surface area contributed by atoms with E-state index in [-0.39, 0.29) is 11.5 Å². The molecule has 0 unspecified atom stereocenters. The molecule has 3 nitrogen and oxygen atoms in total. The molecule has 0 spiro atoms. The maximum Gasteiger partial charge on any atom is 0.329 e. The molecular formula is C10H10O3S2. The zero-order valence-electron chi connectivity index (χ0n) is 8.46. The monoisotopic (exact) mass is 242 g/mol. The molecule has 0 saturated heterocycles. The van der Waals surface area contributed by atoms with Crippen LogP contribution >= 0.6 is 23.5 Å². The molecule has 0 aliphatic carbocycles. The van der Waals surface area contributed by atoms with Crippen LogP contribution in [0.5, 0.6) is 0 Å². The molecule has 0 saturated carbocycles. The Labute approximate surface area is 97.7 Å². The summed E-state index contributed by atoms with van der Waals surface area (Å²) < 4.78 is 4.48. The Morgan fingerprint density at radius 1 is 1.13 bits per heavy atom. The van der Waals surface area contributed by atoms with E-state index in [1.54, 1.807) is 6.26 Å². The second-order valence-corrected chi connectivity index (χ2v) is 3.97. The van der Waals surface area contributed by atoms with Crippen molar-refractivity contribution in [3.63, 3.8) is 0 Å². The summed E-state index contributed by atoms with van der Waals surface area (Å²) in [6.07, 6.45) is 5.72. The Morgan fingerprint density at radius 3 is 2.40 bits per heavy atom. The number of carbonyl (C=O) groups excluding carboxylic acids is 2. The van der Waals surface area contributed by atoms with Gasteiger partial charge in [0.2, 0.25) is 5.78 Å². The zero-order valence-corrected chi connectivity index (χ0v) is 10.1. The summed E-state index contributed by atoms with van der Waals surface area (Å²) in [7, 11) is 0. The van der Waals surface area contributed by atoms with Crippen LogP contribution in [-0.2, 0) is 14.3 Å². The van der Waals surface area contributed by atoms with E-state index in [4.69, 9.17) is 0 Å². The van der Waals surface area contributed by atoms with Gasteiger partial charge >= 0.3 is 5.97 Å². The summed E-state index contributed by atoms with van der Waals surface area (Å²) in [5.41, 5.74) is 0. The quantitative estimate of drug-likeness (QED) is 0.414. The van der Waals surface area contributed by atoms with Gasteiger partial charge in [0.15, 0.2) is 0 Å². The Balaban J connectivity index is 3.88. The van der Waals surface area contributed by atoms with Crippen LogP contribution in [0.15, 0.2) is 0 Å². The summed E-state index contributed by atoms with van der Waals surface area (Å²) >= 11 is 2.75. The number of ether oxygens (including phenoxy) is 1. The Kier molecular flexibility index (Phi) is 8.85. The smallest absolute Gasteiger partial charge is 0.329 e. The summed E-state index contributed by atoms with van der Waals surface area (Å²) in [6.45, 7) is 0. The highest BCUT2D eigenvalue weighted by molar-refractivity contribution is 7.99. The molecule has 15 heavy (non-hydrogen) atoms. The van der Waals surface area contributed by atoms with Gasteiger partial charge in [0.1, 0.15) is 6.11 Å². The minimum absolute atomic E-state index is 0.188. The predicted octanol–water partition coefficient (Wildman–Crippen LogP) is 0.789. The van der Waals surface area contributed by atoms with Crippen LogP contribution < -0.4 is 0 Å². The van der Waals surface area contributed by atoms with Crippen molar-refractivity contribution in [1.82, 2.24) is 0 Å². The van der Waals surface area contributed by atoms with Gasteiger partial charge in [-0.1, -0.05) is 0 Å². The van der Waals surface area contributed by atoms with E-state index in [2.05, 4.69) is 28.6 Å². The molecule has 0 bridgehead atoms. The minimum atomic E-state index is -0.410. The number of esters is 1. The van der Waals surface area contributed by atoms with E-state index in [9.17, 15) is 9.59 Å². The molecule has 0 atom stereocenters. The third-order valence-corrected chi connectivity index (χ3v) is 2.09. The largest absolute Gasteiger partial charge is 0.370 e. The molecule has 0 aromatic heterocycles. The number of hydrogen-bond donors (Lipinski definition) is 0. The van der Waals surface area contributed by atoms with E-state index < -0.39 is 5.97 Å². The fourth-order valence-electron chi connectivity index (χ4n) is 0.523. The first-order valence-corrected chi connectivity index (χ1v) is 6.71. The van der Waals surface area contributed by atoms with Gasteiger partial charge in [-0.3, -0.25) is 9.59 Å². The van der Waals surface area contributed by atoms with Gasteiger partial charge in [0.05, 0.1) is 11.5 Å². The second kappa shape index (κ2) is 9.51. The highest BCUT2D eigenvalue weighted by Gasteiger charge is 1.96. The van der Waals surface area contributed by atoms with Crippen molar-refractivity contribution < 1.29 is 14.3 Å². The molecule has 5 heteroatoms. The van der Waals surface area contributed by atoms with E-state index >= 15 is 0 Å². The molecule has 0 aliphatic heterocycles. The third-order valence-electron chi connectivity index (χ3n) is 1.02. The van der Waals surface area contributed by atoms with Crippen LogP contribution in [0.2, 0.25) is 0 Å². The summed E-state index contributed by atoms with van der Waals surface area (Å²) in [5.74, 6) is 6.90. The molecule has 80 valence electrons. The molecular weight excluding hydrogens is 232 g/mol. The van der Waals surface area contributed by atoms with E-state index in [1.165, 1.54) is 23.5 Å². The van der Waals surface area contributed by atoms with Gasteiger partial charge in [-0.05, 0) is 24.4 Å². The molecule has 0 radical (unpaired) electrons. The number of thioether (sulfide) groups is 2. The Hall–Kier alpha value is -1.04. The average Bonchev–Trinajstić information content (AvgIpc) is 2.18. The summed E-state index contributed by atoms with van der Waals surface area (Å²) in [6, 6.07) is 0. The number of ketones is 1. The zero-order chi connectivity index (χ0) is 11.5. The molecule has 0 aromatic carbocycles. The maximum absolute atomic E-state index is 10.9. The van der Waals surface area contributed by atoms with Gasteiger partial charge in [0, 0.05) is 5.92 Å². The molecule has 0 fully saturated rings. The fourth-order valence-corrected chi connectivity index (χ4v) is 1.15. The first kappa shape index (κ1) is 14.0. The van der Waals surface area contributed by atoms with Crippen molar-refractivity contribution in [2.45, 2.75) is 0 Å². The SMILES string of the molecule is CSCC(=O)C#CC#COC(=O)CSC. The number of carbonyl (C=O) groups is 2. The van der Waals surface area contributed by atoms with Gasteiger partial charge in [-0.15, -0.1) is 0 Å². The topological polar surface area (TPSA) is 43.4 Å². The number of Topliss-reactive ketones (excluding diaryl/α,β-unsaturated/α-hetero) is 1. The molecule has 0 heterocycles. The third kappa shape index (κ3) is 9.27. The standard InChI is InChI=1S/C10H10O3S2/c1-14-7-9(11)5-3-4-6-13-10(12)8-15-2/h7-8H2,1-2H3. The molecule has 0 aromatic rings. The lowest BCUT2D eigenvalue weighted by molar-refractivity contribution is -0.133. The van der Waals surface area contributed by atoms with Crippen LogP contribution in [0.1, 0.15) is 0 Å². The van der Waals surface area contributed by atoms with E-state index in [0.29, 0.717) is 5.75 Å². The highest BCUT2D eigenvalue weighted by Crippen LogP contribution is 1.91. The van der Waals surface area contributed by atoms with E-state index in [0.717, 1.165) is 0 Å². The molecule has 0 aliphatic rings.